The second-order valence-electron chi connectivity index (χ2n) is 6.34. The fraction of sp³-hybridized carbons (Fsp3) is 0.350. The molecule has 4 rings (SSSR count). The van der Waals surface area contributed by atoms with Crippen LogP contribution >= 0.6 is 0 Å². The molecular weight excluding hydrogens is 268 g/mol. The van der Waals surface area contributed by atoms with E-state index in [1.807, 2.05) is 0 Å². The summed E-state index contributed by atoms with van der Waals surface area (Å²) >= 11 is 0. The third-order valence-corrected chi connectivity index (χ3v) is 4.81. The topological polar surface area (TPSA) is 17.8 Å². The Morgan fingerprint density at radius 2 is 1.59 bits per heavy atom. The van der Waals surface area contributed by atoms with Gasteiger partial charge >= 0.3 is 0 Å². The largest absolute Gasteiger partial charge is 0.325 e. The fourth-order valence-electron chi connectivity index (χ4n) is 3.74. The lowest BCUT2D eigenvalue weighted by atomic mass is 9.95. The van der Waals surface area contributed by atoms with E-state index in [1.165, 1.54) is 49.0 Å². The number of para-hydroxylation sites is 2. The summed E-state index contributed by atoms with van der Waals surface area (Å²) in [6, 6.07) is 19.9. The lowest BCUT2D eigenvalue weighted by molar-refractivity contribution is 0.353. The third-order valence-electron chi connectivity index (χ3n) is 4.81. The number of rotatable bonds is 3. The lowest BCUT2D eigenvalue weighted by Crippen LogP contribution is -2.15. The van der Waals surface area contributed by atoms with Crippen LogP contribution < -0.4 is 0 Å². The number of fused-ring (bicyclic) bond motifs is 1. The van der Waals surface area contributed by atoms with Crippen LogP contribution in [-0.2, 0) is 6.42 Å². The predicted molar refractivity (Wildman–Crippen MR) is 91.1 cm³/mol. The van der Waals surface area contributed by atoms with Gasteiger partial charge in [-0.2, -0.15) is 0 Å². The van der Waals surface area contributed by atoms with E-state index < -0.39 is 0 Å². The first kappa shape index (κ1) is 13.6. The van der Waals surface area contributed by atoms with Crippen molar-refractivity contribution in [1.82, 2.24) is 9.55 Å². The van der Waals surface area contributed by atoms with E-state index in [0.717, 1.165) is 11.9 Å². The zero-order chi connectivity index (χ0) is 14.8. The highest BCUT2D eigenvalue weighted by atomic mass is 15.1. The standard InChI is InChI=1S/C20H22N2/c1-3-9-16(10-4-1)15-20-21-18-13-7-8-14-19(18)22(20)17-11-5-2-6-12-17/h1,3-4,7-10,13-14,17H,2,5-6,11-12,15H2. The number of imidazole rings is 1. The van der Waals surface area contributed by atoms with E-state index in [2.05, 4.69) is 59.2 Å². The van der Waals surface area contributed by atoms with Gasteiger partial charge in [0.1, 0.15) is 5.82 Å². The minimum Gasteiger partial charge on any atom is -0.325 e. The minimum absolute atomic E-state index is 0.625. The molecule has 1 heterocycles. The van der Waals surface area contributed by atoms with Gasteiger partial charge in [-0.1, -0.05) is 61.7 Å². The van der Waals surface area contributed by atoms with Crippen LogP contribution in [0.2, 0.25) is 0 Å². The van der Waals surface area contributed by atoms with Crippen LogP contribution in [0.4, 0.5) is 0 Å². The van der Waals surface area contributed by atoms with Crippen LogP contribution in [0.15, 0.2) is 54.6 Å². The van der Waals surface area contributed by atoms with Crippen LogP contribution in [0.1, 0.15) is 49.5 Å². The molecule has 1 aliphatic carbocycles. The Morgan fingerprint density at radius 3 is 2.41 bits per heavy atom. The summed E-state index contributed by atoms with van der Waals surface area (Å²) in [5.74, 6) is 1.22. The molecule has 1 aromatic heterocycles. The highest BCUT2D eigenvalue weighted by Gasteiger charge is 2.21. The van der Waals surface area contributed by atoms with E-state index in [4.69, 9.17) is 4.98 Å². The number of hydrogen-bond donors (Lipinski definition) is 0. The molecule has 0 aliphatic heterocycles. The van der Waals surface area contributed by atoms with Crippen molar-refractivity contribution in [2.24, 2.45) is 0 Å². The first-order chi connectivity index (χ1) is 10.9. The Kier molecular flexibility index (Phi) is 3.67. The monoisotopic (exact) mass is 290 g/mol. The first-order valence-electron chi connectivity index (χ1n) is 8.41. The highest BCUT2D eigenvalue weighted by molar-refractivity contribution is 5.76. The molecule has 0 atom stereocenters. The Morgan fingerprint density at radius 1 is 0.864 bits per heavy atom. The minimum atomic E-state index is 0.625. The molecule has 2 aromatic carbocycles. The Hall–Kier alpha value is -2.09. The zero-order valence-electron chi connectivity index (χ0n) is 12.9. The van der Waals surface area contributed by atoms with E-state index in [9.17, 15) is 0 Å². The smallest absolute Gasteiger partial charge is 0.114 e. The van der Waals surface area contributed by atoms with Crippen molar-refractivity contribution < 1.29 is 0 Å². The van der Waals surface area contributed by atoms with Crippen LogP contribution in [-0.4, -0.2) is 9.55 Å². The molecule has 0 radical (unpaired) electrons. The summed E-state index contributed by atoms with van der Waals surface area (Å²) in [5.41, 5.74) is 3.79. The van der Waals surface area contributed by atoms with E-state index in [0.29, 0.717) is 6.04 Å². The number of hydrogen-bond acceptors (Lipinski definition) is 1. The maximum absolute atomic E-state index is 4.95. The van der Waals surface area contributed by atoms with E-state index >= 15 is 0 Å². The van der Waals surface area contributed by atoms with Gasteiger partial charge in [0.15, 0.2) is 0 Å². The lowest BCUT2D eigenvalue weighted by Gasteiger charge is -2.25. The molecule has 0 spiro atoms. The van der Waals surface area contributed by atoms with Crippen LogP contribution in [0.3, 0.4) is 0 Å². The molecule has 1 aliphatic rings. The van der Waals surface area contributed by atoms with Crippen molar-refractivity contribution in [1.29, 1.82) is 0 Å². The van der Waals surface area contributed by atoms with Gasteiger partial charge in [0.25, 0.3) is 0 Å². The summed E-state index contributed by atoms with van der Waals surface area (Å²) in [5, 5.41) is 0. The molecule has 0 amide bonds. The Labute approximate surface area is 131 Å². The fourth-order valence-corrected chi connectivity index (χ4v) is 3.74. The predicted octanol–water partition coefficient (Wildman–Crippen LogP) is 5.13. The molecule has 1 fully saturated rings. The number of aromatic nitrogens is 2. The van der Waals surface area contributed by atoms with Crippen LogP contribution in [0, 0.1) is 0 Å². The highest BCUT2D eigenvalue weighted by Crippen LogP contribution is 2.33. The second-order valence-corrected chi connectivity index (χ2v) is 6.34. The van der Waals surface area contributed by atoms with E-state index in [-0.39, 0.29) is 0 Å². The molecule has 0 unspecified atom stereocenters. The summed E-state index contributed by atoms with van der Waals surface area (Å²) in [6.45, 7) is 0. The molecule has 2 heteroatoms. The number of nitrogens with zero attached hydrogens (tertiary/aromatic N) is 2. The van der Waals surface area contributed by atoms with Gasteiger partial charge in [0.2, 0.25) is 0 Å². The molecule has 0 saturated heterocycles. The maximum atomic E-state index is 4.95. The average molecular weight is 290 g/mol. The van der Waals surface area contributed by atoms with Crippen molar-refractivity contribution >= 4 is 11.0 Å². The molecule has 112 valence electrons. The SMILES string of the molecule is c1ccc(Cc2nc3ccccc3n2C2CCCCC2)cc1. The van der Waals surface area contributed by atoms with Crippen LogP contribution in [0.5, 0.6) is 0 Å². The quantitative estimate of drug-likeness (QED) is 0.653. The second kappa shape index (κ2) is 5.96. The van der Waals surface area contributed by atoms with Gasteiger partial charge in [-0.05, 0) is 30.5 Å². The van der Waals surface area contributed by atoms with Gasteiger partial charge in [0, 0.05) is 12.5 Å². The van der Waals surface area contributed by atoms with Crippen LogP contribution in [0.25, 0.3) is 11.0 Å². The molecule has 22 heavy (non-hydrogen) atoms. The molecule has 1 saturated carbocycles. The summed E-state index contributed by atoms with van der Waals surface area (Å²) < 4.78 is 2.53. The molecule has 3 aromatic rings. The van der Waals surface area contributed by atoms with Gasteiger partial charge in [-0.25, -0.2) is 4.98 Å². The van der Waals surface area contributed by atoms with Gasteiger partial charge in [-0.3, -0.25) is 0 Å². The zero-order valence-corrected chi connectivity index (χ0v) is 12.9. The van der Waals surface area contributed by atoms with Gasteiger partial charge < -0.3 is 4.57 Å². The third kappa shape index (κ3) is 2.54. The van der Waals surface area contributed by atoms with Crippen molar-refractivity contribution in [3.05, 3.63) is 66.0 Å². The molecule has 2 nitrogen and oxygen atoms in total. The summed E-state index contributed by atoms with van der Waals surface area (Å²) in [7, 11) is 0. The van der Waals surface area contributed by atoms with Crippen molar-refractivity contribution in [3.8, 4) is 0 Å². The Bertz CT molecular complexity index is 752. The van der Waals surface area contributed by atoms with Crippen molar-refractivity contribution in [3.63, 3.8) is 0 Å². The number of benzene rings is 2. The van der Waals surface area contributed by atoms with Gasteiger partial charge in [-0.15, -0.1) is 0 Å². The summed E-state index contributed by atoms with van der Waals surface area (Å²) in [6.07, 6.45) is 7.59. The van der Waals surface area contributed by atoms with E-state index in [1.54, 1.807) is 0 Å². The maximum Gasteiger partial charge on any atom is 0.114 e. The first-order valence-corrected chi connectivity index (χ1v) is 8.41. The van der Waals surface area contributed by atoms with Crippen molar-refractivity contribution in [2.45, 2.75) is 44.6 Å². The Balaban J connectivity index is 1.79. The van der Waals surface area contributed by atoms with Gasteiger partial charge in [0.05, 0.1) is 11.0 Å². The normalized spacial score (nSPS) is 16.2. The van der Waals surface area contributed by atoms with Crippen molar-refractivity contribution in [2.75, 3.05) is 0 Å². The molecule has 0 bridgehead atoms. The molecule has 0 N–H and O–H groups in total. The summed E-state index contributed by atoms with van der Waals surface area (Å²) in [4.78, 5) is 4.95. The average Bonchev–Trinajstić information content (AvgIpc) is 2.94. The molecular formula is C20H22N2.